The Morgan fingerprint density at radius 3 is 2.81 bits per heavy atom. The zero-order valence-corrected chi connectivity index (χ0v) is 16.8. The van der Waals surface area contributed by atoms with Gasteiger partial charge in [0.05, 0.1) is 6.54 Å². The van der Waals surface area contributed by atoms with Gasteiger partial charge in [0.15, 0.2) is 5.96 Å². The number of amides is 1. The maximum Gasteiger partial charge on any atom is 0.223 e. The van der Waals surface area contributed by atoms with E-state index >= 15 is 0 Å². The molecule has 3 unspecified atom stereocenters. The van der Waals surface area contributed by atoms with Crippen molar-refractivity contribution in [3.63, 3.8) is 0 Å². The van der Waals surface area contributed by atoms with Gasteiger partial charge in [-0.2, -0.15) is 0 Å². The van der Waals surface area contributed by atoms with E-state index in [-0.39, 0.29) is 11.8 Å². The van der Waals surface area contributed by atoms with Gasteiger partial charge in [-0.15, -0.1) is 11.3 Å². The van der Waals surface area contributed by atoms with Crippen LogP contribution in [0.4, 0.5) is 0 Å². The summed E-state index contributed by atoms with van der Waals surface area (Å²) < 4.78 is 0. The number of thiophene rings is 1. The monoisotopic (exact) mass is 376 g/mol. The molecule has 26 heavy (non-hydrogen) atoms. The lowest BCUT2D eigenvalue weighted by atomic mass is 9.85. The van der Waals surface area contributed by atoms with E-state index < -0.39 is 0 Å². The minimum atomic E-state index is 0.148. The molecule has 1 aromatic heterocycles. The van der Waals surface area contributed by atoms with Gasteiger partial charge in [-0.3, -0.25) is 9.79 Å². The van der Waals surface area contributed by atoms with Crippen LogP contribution in [0.2, 0.25) is 0 Å². The summed E-state index contributed by atoms with van der Waals surface area (Å²) in [5.41, 5.74) is 0. The molecular formula is C20H32N4OS. The Balaban J connectivity index is 1.52. The first-order chi connectivity index (χ1) is 12.7. The van der Waals surface area contributed by atoms with Crippen molar-refractivity contribution in [1.29, 1.82) is 0 Å². The van der Waals surface area contributed by atoms with Gasteiger partial charge in [0.2, 0.25) is 5.91 Å². The molecule has 0 spiro atoms. The quantitative estimate of drug-likeness (QED) is 0.506. The highest BCUT2D eigenvalue weighted by atomic mass is 32.1. The van der Waals surface area contributed by atoms with E-state index in [4.69, 9.17) is 4.99 Å². The molecule has 1 heterocycles. The Morgan fingerprint density at radius 2 is 2.12 bits per heavy atom. The van der Waals surface area contributed by atoms with Crippen LogP contribution in [-0.4, -0.2) is 37.0 Å². The summed E-state index contributed by atoms with van der Waals surface area (Å²) in [7, 11) is 0. The zero-order chi connectivity index (χ0) is 18.4. The Labute approximate surface area is 161 Å². The van der Waals surface area contributed by atoms with Crippen LogP contribution >= 0.6 is 11.3 Å². The largest absolute Gasteiger partial charge is 0.357 e. The predicted octanol–water partition coefficient (Wildman–Crippen LogP) is 3.24. The molecule has 2 aliphatic rings. The van der Waals surface area contributed by atoms with E-state index in [1.54, 1.807) is 11.3 Å². The Bertz CT molecular complexity index is 597. The van der Waals surface area contributed by atoms with Crippen LogP contribution in [0.5, 0.6) is 0 Å². The molecule has 0 bridgehead atoms. The first-order valence-corrected chi connectivity index (χ1v) is 10.9. The summed E-state index contributed by atoms with van der Waals surface area (Å²) >= 11 is 1.79. The SMILES string of the molecule is CCNC(=NCC(C)c1cccs1)NC1CCCC(C(=O)NC2CC2)C1. The fourth-order valence-electron chi connectivity index (χ4n) is 3.51. The van der Waals surface area contributed by atoms with Crippen LogP contribution in [-0.2, 0) is 4.79 Å². The van der Waals surface area contributed by atoms with Crippen molar-refractivity contribution in [2.24, 2.45) is 10.9 Å². The van der Waals surface area contributed by atoms with E-state index in [9.17, 15) is 4.79 Å². The maximum absolute atomic E-state index is 12.4. The molecule has 3 rings (SSSR count). The third-order valence-corrected chi connectivity index (χ3v) is 6.31. The van der Waals surface area contributed by atoms with Gasteiger partial charge >= 0.3 is 0 Å². The number of aliphatic imine (C=N–C) groups is 1. The number of nitrogens with zero attached hydrogens (tertiary/aromatic N) is 1. The molecule has 2 fully saturated rings. The molecule has 0 aromatic carbocycles. The Morgan fingerprint density at radius 1 is 1.27 bits per heavy atom. The summed E-state index contributed by atoms with van der Waals surface area (Å²) in [6.07, 6.45) is 6.44. The number of carbonyl (C=O) groups excluding carboxylic acids is 1. The second-order valence-electron chi connectivity index (χ2n) is 7.62. The average molecular weight is 377 g/mol. The lowest BCUT2D eigenvalue weighted by Crippen LogP contribution is -2.47. The Kier molecular flexibility index (Phi) is 6.94. The highest BCUT2D eigenvalue weighted by Crippen LogP contribution is 2.27. The molecule has 5 nitrogen and oxygen atoms in total. The highest BCUT2D eigenvalue weighted by molar-refractivity contribution is 7.10. The molecule has 1 aromatic rings. The van der Waals surface area contributed by atoms with Crippen molar-refractivity contribution in [2.45, 2.75) is 70.4 Å². The number of guanidine groups is 1. The van der Waals surface area contributed by atoms with E-state index in [2.05, 4.69) is 47.3 Å². The first-order valence-electron chi connectivity index (χ1n) is 10.0. The fourth-order valence-corrected chi connectivity index (χ4v) is 4.29. The normalized spacial score (nSPS) is 24.8. The van der Waals surface area contributed by atoms with Gasteiger partial charge in [-0.1, -0.05) is 19.4 Å². The van der Waals surface area contributed by atoms with E-state index in [0.29, 0.717) is 18.0 Å². The molecule has 0 aliphatic heterocycles. The Hall–Kier alpha value is -1.56. The smallest absolute Gasteiger partial charge is 0.223 e. The summed E-state index contributed by atoms with van der Waals surface area (Å²) in [4.78, 5) is 18.5. The highest BCUT2D eigenvalue weighted by Gasteiger charge is 2.31. The number of hydrogen-bond donors (Lipinski definition) is 3. The molecule has 2 saturated carbocycles. The third kappa shape index (κ3) is 5.73. The lowest BCUT2D eigenvalue weighted by Gasteiger charge is -2.30. The van der Waals surface area contributed by atoms with E-state index in [1.807, 2.05) is 0 Å². The second kappa shape index (κ2) is 9.40. The van der Waals surface area contributed by atoms with Crippen molar-refractivity contribution in [3.05, 3.63) is 22.4 Å². The fraction of sp³-hybridized carbons (Fsp3) is 0.700. The second-order valence-corrected chi connectivity index (χ2v) is 8.60. The summed E-state index contributed by atoms with van der Waals surface area (Å²) in [6, 6.07) is 5.05. The van der Waals surface area contributed by atoms with Crippen molar-refractivity contribution < 1.29 is 4.79 Å². The molecule has 3 N–H and O–H groups in total. The van der Waals surface area contributed by atoms with Crippen molar-refractivity contribution in [2.75, 3.05) is 13.1 Å². The van der Waals surface area contributed by atoms with E-state index in [1.165, 1.54) is 4.88 Å². The number of hydrogen-bond acceptors (Lipinski definition) is 3. The standard InChI is InChI=1S/C20H32N4OS/c1-3-21-20(22-13-14(2)18-8-5-11-26-18)24-17-7-4-6-15(12-17)19(25)23-16-9-10-16/h5,8,11,14-17H,3-4,6-7,9-10,12-13H2,1-2H3,(H,23,25)(H2,21,22,24). The molecule has 1 amide bonds. The predicted molar refractivity (Wildman–Crippen MR) is 109 cm³/mol. The van der Waals surface area contributed by atoms with E-state index in [0.717, 1.165) is 57.6 Å². The summed E-state index contributed by atoms with van der Waals surface area (Å²) in [6.45, 7) is 5.93. The van der Waals surface area contributed by atoms with Crippen LogP contribution in [0.1, 0.15) is 63.2 Å². The third-order valence-electron chi connectivity index (χ3n) is 5.21. The van der Waals surface area contributed by atoms with Crippen LogP contribution < -0.4 is 16.0 Å². The molecular weight excluding hydrogens is 344 g/mol. The number of carbonyl (C=O) groups is 1. The number of nitrogens with one attached hydrogen (secondary N) is 3. The molecule has 0 saturated heterocycles. The molecule has 3 atom stereocenters. The van der Waals surface area contributed by atoms with Crippen molar-refractivity contribution in [1.82, 2.24) is 16.0 Å². The van der Waals surface area contributed by atoms with Gasteiger partial charge < -0.3 is 16.0 Å². The topological polar surface area (TPSA) is 65.5 Å². The minimum absolute atomic E-state index is 0.148. The average Bonchev–Trinajstić information content (AvgIpc) is 3.28. The van der Waals surface area contributed by atoms with Gasteiger partial charge in [0.25, 0.3) is 0 Å². The molecule has 0 radical (unpaired) electrons. The van der Waals surface area contributed by atoms with Gasteiger partial charge in [0.1, 0.15) is 0 Å². The maximum atomic E-state index is 12.4. The van der Waals surface area contributed by atoms with Gasteiger partial charge in [0, 0.05) is 35.3 Å². The van der Waals surface area contributed by atoms with Crippen molar-refractivity contribution in [3.8, 4) is 0 Å². The minimum Gasteiger partial charge on any atom is -0.357 e. The van der Waals surface area contributed by atoms with Gasteiger partial charge in [-0.05, 0) is 50.5 Å². The van der Waals surface area contributed by atoms with Gasteiger partial charge in [-0.25, -0.2) is 0 Å². The molecule has 6 heteroatoms. The summed E-state index contributed by atoms with van der Waals surface area (Å²) in [5, 5.41) is 12.2. The molecule has 144 valence electrons. The van der Waals surface area contributed by atoms with Crippen LogP contribution in [0.25, 0.3) is 0 Å². The molecule has 2 aliphatic carbocycles. The van der Waals surface area contributed by atoms with Crippen molar-refractivity contribution >= 4 is 23.2 Å². The first kappa shape index (κ1) is 19.2. The van der Waals surface area contributed by atoms with Crippen LogP contribution in [0.3, 0.4) is 0 Å². The zero-order valence-electron chi connectivity index (χ0n) is 16.0. The summed E-state index contributed by atoms with van der Waals surface area (Å²) in [5.74, 6) is 1.71. The number of rotatable bonds is 7. The van der Waals surface area contributed by atoms with Crippen LogP contribution in [0.15, 0.2) is 22.5 Å². The lowest BCUT2D eigenvalue weighted by molar-refractivity contribution is -0.126. The van der Waals surface area contributed by atoms with Crippen LogP contribution in [0, 0.1) is 5.92 Å².